The van der Waals surface area contributed by atoms with Crippen LogP contribution in [0.2, 0.25) is 0 Å². The number of nitrogens with one attached hydrogen (secondary N) is 1. The second kappa shape index (κ2) is 9.35. The van der Waals surface area contributed by atoms with Crippen molar-refractivity contribution in [2.24, 2.45) is 0 Å². The highest BCUT2D eigenvalue weighted by Crippen LogP contribution is 2.31. The molecule has 0 amide bonds. The number of nitrogens with zero attached hydrogens (tertiary/aromatic N) is 2. The fourth-order valence-electron chi connectivity index (χ4n) is 2.24. The lowest BCUT2D eigenvalue weighted by Gasteiger charge is -2.28. The molecule has 1 aromatic heterocycles. The Hall–Kier alpha value is -0.690. The Morgan fingerprint density at radius 3 is 2.48 bits per heavy atom. The first-order valence-corrected chi connectivity index (χ1v) is 8.25. The van der Waals surface area contributed by atoms with E-state index in [9.17, 15) is 0 Å². The average Bonchev–Trinajstić information content (AvgIpc) is 2.84. The summed E-state index contributed by atoms with van der Waals surface area (Å²) in [5.41, 5.74) is 1.19. The topological polar surface area (TPSA) is 46.6 Å². The lowest BCUT2D eigenvalue weighted by atomic mass is 10.1. The van der Waals surface area contributed by atoms with Crippen LogP contribution in [0.3, 0.4) is 0 Å². The maximum atomic E-state index is 5.30. The third-order valence-corrected chi connectivity index (χ3v) is 4.43. The molecule has 0 saturated carbocycles. The lowest BCUT2D eigenvalue weighted by molar-refractivity contribution is 0.171. The van der Waals surface area contributed by atoms with E-state index >= 15 is 0 Å². The Balaban J connectivity index is 3.02. The van der Waals surface area contributed by atoms with Crippen molar-refractivity contribution >= 4 is 16.5 Å². The molecular weight excluding hydrogens is 286 g/mol. The third kappa shape index (κ3) is 5.21. The highest BCUT2D eigenvalue weighted by molar-refractivity contribution is 7.15. The minimum Gasteiger partial charge on any atom is -0.383 e. The van der Waals surface area contributed by atoms with Crippen molar-refractivity contribution in [3.05, 3.63) is 10.6 Å². The van der Waals surface area contributed by atoms with Gasteiger partial charge in [-0.2, -0.15) is 0 Å². The van der Waals surface area contributed by atoms with Crippen molar-refractivity contribution in [1.29, 1.82) is 0 Å². The van der Waals surface area contributed by atoms with Crippen LogP contribution in [0.4, 0.5) is 5.13 Å². The first kappa shape index (κ1) is 18.4. The largest absolute Gasteiger partial charge is 0.383 e. The fraction of sp³-hybridized carbons (Fsp3) is 0.800. The maximum absolute atomic E-state index is 5.30. The van der Waals surface area contributed by atoms with Crippen LogP contribution < -0.4 is 10.2 Å². The van der Waals surface area contributed by atoms with Gasteiger partial charge in [-0.15, -0.1) is 11.3 Å². The van der Waals surface area contributed by atoms with Crippen molar-refractivity contribution in [2.45, 2.75) is 39.3 Å². The summed E-state index contributed by atoms with van der Waals surface area (Å²) in [5.74, 6) is 0.431. The van der Waals surface area contributed by atoms with Crippen molar-refractivity contribution in [3.8, 4) is 0 Å². The molecule has 21 heavy (non-hydrogen) atoms. The summed E-state index contributed by atoms with van der Waals surface area (Å²) in [4.78, 5) is 8.47. The minimum atomic E-state index is 0.277. The molecule has 0 bridgehead atoms. The van der Waals surface area contributed by atoms with E-state index in [4.69, 9.17) is 14.5 Å². The smallest absolute Gasteiger partial charge is 0.186 e. The second-order valence-electron chi connectivity index (χ2n) is 5.48. The molecule has 0 aliphatic carbocycles. The maximum Gasteiger partial charge on any atom is 0.186 e. The summed E-state index contributed by atoms with van der Waals surface area (Å²) >= 11 is 1.77. The van der Waals surface area contributed by atoms with E-state index in [0.717, 1.165) is 18.2 Å². The van der Waals surface area contributed by atoms with Gasteiger partial charge in [0, 0.05) is 32.2 Å². The van der Waals surface area contributed by atoms with Gasteiger partial charge >= 0.3 is 0 Å². The van der Waals surface area contributed by atoms with Crippen LogP contribution in [0.15, 0.2) is 0 Å². The van der Waals surface area contributed by atoms with E-state index < -0.39 is 0 Å². The van der Waals surface area contributed by atoms with Crippen molar-refractivity contribution in [3.63, 3.8) is 0 Å². The van der Waals surface area contributed by atoms with Crippen LogP contribution in [0.1, 0.15) is 37.3 Å². The summed E-state index contributed by atoms with van der Waals surface area (Å²) in [6.45, 7) is 9.60. The van der Waals surface area contributed by atoms with Crippen LogP contribution in [0.5, 0.6) is 0 Å². The fourth-order valence-corrected chi connectivity index (χ4v) is 3.59. The van der Waals surface area contributed by atoms with Crippen LogP contribution in [0.25, 0.3) is 0 Å². The molecule has 0 fully saturated rings. The molecule has 0 aromatic carbocycles. The first-order valence-electron chi connectivity index (χ1n) is 7.43. The number of aromatic nitrogens is 1. The third-order valence-electron chi connectivity index (χ3n) is 3.32. The number of hydrogen-bond donors (Lipinski definition) is 1. The summed E-state index contributed by atoms with van der Waals surface area (Å²) in [7, 11) is 5.44. The number of rotatable bonds is 10. The molecule has 1 heterocycles. The van der Waals surface area contributed by atoms with E-state index in [1.165, 1.54) is 10.6 Å². The molecule has 0 aliphatic heterocycles. The summed E-state index contributed by atoms with van der Waals surface area (Å²) in [6, 6.07) is 0.277. The molecule has 0 saturated heterocycles. The number of anilines is 1. The van der Waals surface area contributed by atoms with Crippen molar-refractivity contribution < 1.29 is 9.47 Å². The molecule has 1 rings (SSSR count). The van der Waals surface area contributed by atoms with Crippen molar-refractivity contribution in [2.75, 3.05) is 45.9 Å². The zero-order valence-corrected chi connectivity index (χ0v) is 14.9. The molecule has 122 valence electrons. The molecule has 1 aromatic rings. The average molecular weight is 315 g/mol. The van der Waals surface area contributed by atoms with E-state index in [2.05, 4.69) is 31.0 Å². The van der Waals surface area contributed by atoms with E-state index in [1.54, 1.807) is 25.6 Å². The first-order chi connectivity index (χ1) is 10.0. The van der Waals surface area contributed by atoms with Crippen LogP contribution in [-0.4, -0.2) is 52.1 Å². The van der Waals surface area contributed by atoms with Gasteiger partial charge in [-0.3, -0.25) is 0 Å². The normalized spacial score (nSPS) is 12.9. The van der Waals surface area contributed by atoms with Gasteiger partial charge in [0.15, 0.2) is 5.13 Å². The lowest BCUT2D eigenvalue weighted by Crippen LogP contribution is -2.38. The quantitative estimate of drug-likeness (QED) is 0.719. The molecule has 0 radical (unpaired) electrons. The molecule has 0 aliphatic rings. The Labute approximate surface area is 132 Å². The van der Waals surface area contributed by atoms with Gasteiger partial charge in [0.25, 0.3) is 0 Å². The number of methoxy groups -OCH3 is 2. The van der Waals surface area contributed by atoms with Gasteiger partial charge in [-0.25, -0.2) is 4.98 Å². The highest BCUT2D eigenvalue weighted by atomic mass is 32.1. The second-order valence-corrected chi connectivity index (χ2v) is 6.54. The predicted octanol–water partition coefficient (Wildman–Crippen LogP) is 2.47. The predicted molar refractivity (Wildman–Crippen MR) is 89.5 cm³/mol. The molecule has 0 spiro atoms. The van der Waals surface area contributed by atoms with E-state index in [-0.39, 0.29) is 6.04 Å². The van der Waals surface area contributed by atoms with Crippen molar-refractivity contribution in [1.82, 2.24) is 10.3 Å². The van der Waals surface area contributed by atoms with Gasteiger partial charge in [0.2, 0.25) is 0 Å². The monoisotopic (exact) mass is 315 g/mol. The standard InChI is InChI=1S/C15H29N3O2S/c1-11(2)14-13(9-16-4)21-15(17-14)18(7-8-19-5)12(3)10-20-6/h11-12,16H,7-10H2,1-6H3. The Kier molecular flexibility index (Phi) is 8.18. The number of thiazole rings is 1. The van der Waals surface area contributed by atoms with Crippen LogP contribution in [-0.2, 0) is 16.0 Å². The molecule has 1 N–H and O–H groups in total. The highest BCUT2D eigenvalue weighted by Gasteiger charge is 2.21. The van der Waals surface area contributed by atoms with Gasteiger partial charge in [-0.05, 0) is 19.9 Å². The molecule has 1 unspecified atom stereocenters. The number of hydrogen-bond acceptors (Lipinski definition) is 6. The number of ether oxygens (including phenoxy) is 2. The molecule has 5 nitrogen and oxygen atoms in total. The van der Waals surface area contributed by atoms with Crippen LogP contribution >= 0.6 is 11.3 Å². The Bertz CT molecular complexity index is 410. The Morgan fingerprint density at radius 1 is 1.24 bits per heavy atom. The summed E-state index contributed by atoms with van der Waals surface area (Å²) < 4.78 is 10.5. The van der Waals surface area contributed by atoms with Gasteiger partial charge in [-0.1, -0.05) is 13.8 Å². The Morgan fingerprint density at radius 2 is 1.95 bits per heavy atom. The van der Waals surface area contributed by atoms with E-state index in [0.29, 0.717) is 19.1 Å². The van der Waals surface area contributed by atoms with Gasteiger partial charge < -0.3 is 19.7 Å². The van der Waals surface area contributed by atoms with E-state index in [1.807, 2.05) is 7.05 Å². The summed E-state index contributed by atoms with van der Waals surface area (Å²) in [5, 5.41) is 4.29. The van der Waals surface area contributed by atoms with Gasteiger partial charge in [0.1, 0.15) is 0 Å². The minimum absolute atomic E-state index is 0.277. The molecular formula is C15H29N3O2S. The summed E-state index contributed by atoms with van der Waals surface area (Å²) in [6.07, 6.45) is 0. The zero-order valence-electron chi connectivity index (χ0n) is 14.1. The van der Waals surface area contributed by atoms with Gasteiger partial charge in [0.05, 0.1) is 24.9 Å². The zero-order chi connectivity index (χ0) is 15.8. The van der Waals surface area contributed by atoms with Crippen LogP contribution in [0, 0.1) is 0 Å². The SMILES string of the molecule is CNCc1sc(N(CCOC)C(C)COC)nc1C(C)C. The molecule has 1 atom stereocenters. The molecule has 6 heteroatoms.